The van der Waals surface area contributed by atoms with Crippen LogP contribution in [0.5, 0.6) is 0 Å². The Morgan fingerprint density at radius 1 is 1.10 bits per heavy atom. The molecule has 0 spiro atoms. The Hall–Kier alpha value is -2.45. The van der Waals surface area contributed by atoms with Crippen LogP contribution in [0.25, 0.3) is 0 Å². The van der Waals surface area contributed by atoms with Crippen LogP contribution in [0.1, 0.15) is 43.2 Å². The molecule has 0 aliphatic heterocycles. The van der Waals surface area contributed by atoms with Gasteiger partial charge in [0.15, 0.2) is 4.90 Å². The third-order valence-electron chi connectivity index (χ3n) is 5.54. The van der Waals surface area contributed by atoms with E-state index in [-0.39, 0.29) is 4.90 Å². The molecule has 0 atom stereocenters. The Labute approximate surface area is 171 Å². The number of hydrogen-bond donors (Lipinski definition) is 1. The predicted molar refractivity (Wildman–Crippen MR) is 113 cm³/mol. The van der Waals surface area contributed by atoms with Crippen LogP contribution in [0.3, 0.4) is 0 Å². The van der Waals surface area contributed by atoms with Gasteiger partial charge in [0, 0.05) is 18.7 Å². The van der Waals surface area contributed by atoms with Gasteiger partial charge in [0.1, 0.15) is 0 Å². The van der Waals surface area contributed by atoms with Gasteiger partial charge in [-0.3, -0.25) is 19.7 Å². The second kappa shape index (κ2) is 8.92. The molecule has 156 valence electrons. The summed E-state index contributed by atoms with van der Waals surface area (Å²) in [6, 6.07) is 12.0. The lowest BCUT2D eigenvalue weighted by atomic mass is 9.94. The molecule has 29 heavy (non-hydrogen) atoms. The Balaban J connectivity index is 1.88. The van der Waals surface area contributed by atoms with Gasteiger partial charge in [-0.25, -0.2) is 8.42 Å². The first-order chi connectivity index (χ1) is 13.8. The molecule has 0 bridgehead atoms. The fourth-order valence-electron chi connectivity index (χ4n) is 4.00. The predicted octanol–water partition coefficient (Wildman–Crippen LogP) is 4.47. The average molecular weight is 418 g/mol. The number of nitrogens with zero attached hydrogens (tertiary/aromatic N) is 2. The number of nitrogens with one attached hydrogen (secondary N) is 1. The first-order valence-electron chi connectivity index (χ1n) is 9.84. The van der Waals surface area contributed by atoms with Gasteiger partial charge in [0.05, 0.1) is 10.6 Å². The first-order valence-corrected chi connectivity index (χ1v) is 11.3. The smallest absolute Gasteiger partial charge is 0.290 e. The largest absolute Gasteiger partial charge is 0.299 e. The van der Waals surface area contributed by atoms with Crippen molar-refractivity contribution < 1.29 is 13.3 Å². The molecule has 1 N–H and O–H groups in total. The van der Waals surface area contributed by atoms with Crippen LogP contribution in [0.4, 0.5) is 11.4 Å². The van der Waals surface area contributed by atoms with Gasteiger partial charge < -0.3 is 0 Å². The lowest BCUT2D eigenvalue weighted by Crippen LogP contribution is -2.33. The zero-order chi connectivity index (χ0) is 21.0. The van der Waals surface area contributed by atoms with Crippen molar-refractivity contribution in [2.75, 3.05) is 11.8 Å². The minimum absolute atomic E-state index is 0.291. The molecular weight excluding hydrogens is 390 g/mol. The zero-order valence-electron chi connectivity index (χ0n) is 16.8. The van der Waals surface area contributed by atoms with Crippen molar-refractivity contribution in [2.24, 2.45) is 0 Å². The van der Waals surface area contributed by atoms with Crippen molar-refractivity contribution in [1.29, 1.82) is 0 Å². The first kappa shape index (κ1) is 21.3. The van der Waals surface area contributed by atoms with Gasteiger partial charge in [-0.1, -0.05) is 49.6 Å². The molecule has 0 aromatic heterocycles. The molecule has 1 saturated carbocycles. The number of nitro groups is 1. The van der Waals surface area contributed by atoms with Crippen LogP contribution in [0.2, 0.25) is 0 Å². The molecule has 3 rings (SSSR count). The van der Waals surface area contributed by atoms with Crippen LogP contribution in [-0.2, 0) is 16.6 Å². The summed E-state index contributed by atoms with van der Waals surface area (Å²) in [5.41, 5.74) is 1.21. The number of para-hydroxylation sites is 1. The number of benzene rings is 2. The van der Waals surface area contributed by atoms with Crippen LogP contribution in [-0.4, -0.2) is 31.3 Å². The molecule has 8 heteroatoms. The summed E-state index contributed by atoms with van der Waals surface area (Å²) in [6.45, 7) is 2.17. The lowest BCUT2D eigenvalue weighted by Gasteiger charge is -2.31. The summed E-state index contributed by atoms with van der Waals surface area (Å²) in [7, 11) is -2.05. The topological polar surface area (TPSA) is 92.5 Å². The van der Waals surface area contributed by atoms with Crippen molar-refractivity contribution >= 4 is 21.4 Å². The molecule has 1 aliphatic rings. The Bertz CT molecular complexity index is 985. The van der Waals surface area contributed by atoms with Gasteiger partial charge in [-0.15, -0.1) is 0 Å². The Kier molecular flexibility index (Phi) is 6.54. The van der Waals surface area contributed by atoms with Crippen molar-refractivity contribution in [3.63, 3.8) is 0 Å². The molecule has 2 aromatic rings. The molecular formula is C21H27N3O4S. The van der Waals surface area contributed by atoms with Gasteiger partial charge >= 0.3 is 0 Å². The van der Waals surface area contributed by atoms with Gasteiger partial charge in [-0.05, 0) is 44.0 Å². The van der Waals surface area contributed by atoms with E-state index >= 15 is 0 Å². The summed E-state index contributed by atoms with van der Waals surface area (Å²) in [5, 5.41) is 11.4. The normalized spacial score (nSPS) is 15.4. The maximum atomic E-state index is 13.1. The maximum Gasteiger partial charge on any atom is 0.290 e. The quantitative estimate of drug-likeness (QED) is 0.530. The van der Waals surface area contributed by atoms with Crippen molar-refractivity contribution in [1.82, 2.24) is 4.90 Å². The Morgan fingerprint density at radius 2 is 1.79 bits per heavy atom. The highest BCUT2D eigenvalue weighted by Gasteiger charge is 2.28. The summed E-state index contributed by atoms with van der Waals surface area (Å²) in [5.74, 6) is 0. The minimum Gasteiger partial charge on any atom is -0.299 e. The number of rotatable bonds is 7. The highest BCUT2D eigenvalue weighted by atomic mass is 32.2. The summed E-state index contributed by atoms with van der Waals surface area (Å²) in [4.78, 5) is 12.7. The average Bonchev–Trinajstić information content (AvgIpc) is 2.69. The summed E-state index contributed by atoms with van der Waals surface area (Å²) in [6.07, 6.45) is 6.02. The van der Waals surface area contributed by atoms with E-state index in [1.54, 1.807) is 25.1 Å². The van der Waals surface area contributed by atoms with Gasteiger partial charge in [0.25, 0.3) is 15.7 Å². The molecule has 7 nitrogen and oxygen atoms in total. The van der Waals surface area contributed by atoms with Gasteiger partial charge in [0.2, 0.25) is 0 Å². The molecule has 0 unspecified atom stereocenters. The number of hydrogen-bond acceptors (Lipinski definition) is 5. The van der Waals surface area contributed by atoms with Crippen LogP contribution >= 0.6 is 0 Å². The van der Waals surface area contributed by atoms with E-state index in [9.17, 15) is 18.5 Å². The van der Waals surface area contributed by atoms with Crippen LogP contribution in [0.15, 0.2) is 47.4 Å². The van der Waals surface area contributed by atoms with Crippen molar-refractivity contribution in [2.45, 2.75) is 56.5 Å². The lowest BCUT2D eigenvalue weighted by molar-refractivity contribution is -0.387. The number of sulfonamides is 1. The van der Waals surface area contributed by atoms with Crippen LogP contribution in [0, 0.1) is 17.0 Å². The second-order valence-corrected chi connectivity index (χ2v) is 9.27. The molecule has 0 heterocycles. The molecule has 2 aromatic carbocycles. The highest BCUT2D eigenvalue weighted by Crippen LogP contribution is 2.30. The fraction of sp³-hybridized carbons (Fsp3) is 0.429. The monoisotopic (exact) mass is 417 g/mol. The molecule has 0 amide bonds. The van der Waals surface area contributed by atoms with E-state index in [1.807, 2.05) is 12.1 Å². The van der Waals surface area contributed by atoms with Crippen LogP contribution < -0.4 is 4.72 Å². The third-order valence-corrected chi connectivity index (χ3v) is 7.09. The summed E-state index contributed by atoms with van der Waals surface area (Å²) < 4.78 is 28.7. The minimum atomic E-state index is -4.11. The standard InChI is InChI=1S/C21H27N3O4S/c1-16-9-8-14-20(24(25)26)21(16)29(27,28)22-19-13-7-6-10-17(19)15-23(2)18-11-4-3-5-12-18/h6-10,13-14,18,22H,3-5,11-12,15H2,1-2H3. The molecule has 1 fully saturated rings. The Morgan fingerprint density at radius 3 is 2.48 bits per heavy atom. The second-order valence-electron chi connectivity index (χ2n) is 7.65. The number of nitro benzene ring substituents is 1. The number of aryl methyl sites for hydroxylation is 1. The third kappa shape index (κ3) is 4.94. The van der Waals surface area contributed by atoms with Gasteiger partial charge in [-0.2, -0.15) is 0 Å². The fourth-order valence-corrected chi connectivity index (χ4v) is 5.50. The van der Waals surface area contributed by atoms with E-state index in [2.05, 4.69) is 16.7 Å². The molecule has 0 radical (unpaired) electrons. The molecule has 1 aliphatic carbocycles. The molecule has 0 saturated heterocycles. The number of anilines is 1. The van der Waals surface area contributed by atoms with Crippen molar-refractivity contribution in [3.05, 3.63) is 63.7 Å². The summed E-state index contributed by atoms with van der Waals surface area (Å²) >= 11 is 0. The van der Waals surface area contributed by atoms with E-state index in [0.717, 1.165) is 18.4 Å². The van der Waals surface area contributed by atoms with E-state index < -0.39 is 20.6 Å². The SMILES string of the molecule is Cc1cccc([N+](=O)[O-])c1S(=O)(=O)Nc1ccccc1CN(C)C1CCCCC1. The zero-order valence-corrected chi connectivity index (χ0v) is 17.6. The van der Waals surface area contributed by atoms with Crippen molar-refractivity contribution in [3.8, 4) is 0 Å². The maximum absolute atomic E-state index is 13.1. The van der Waals surface area contributed by atoms with E-state index in [4.69, 9.17) is 0 Å². The van der Waals surface area contributed by atoms with E-state index in [1.165, 1.54) is 31.4 Å². The van der Waals surface area contributed by atoms with E-state index in [0.29, 0.717) is 23.8 Å². The highest BCUT2D eigenvalue weighted by molar-refractivity contribution is 7.93.